The number of rotatable bonds is 2. The first-order valence-corrected chi connectivity index (χ1v) is 6.59. The van der Waals surface area contributed by atoms with Gasteiger partial charge in [0.25, 0.3) is 0 Å². The van der Waals surface area contributed by atoms with Gasteiger partial charge in [-0.15, -0.1) is 0 Å². The molecule has 0 N–H and O–H groups in total. The molecule has 0 fully saturated rings. The lowest BCUT2D eigenvalue weighted by Crippen LogP contribution is -1.81. The predicted octanol–water partition coefficient (Wildman–Crippen LogP) is 6.21. The summed E-state index contributed by atoms with van der Waals surface area (Å²) in [5.74, 6) is 0. The van der Waals surface area contributed by atoms with Gasteiger partial charge in [0, 0.05) is 15.1 Å². The minimum atomic E-state index is 0.640. The Morgan fingerprint density at radius 2 is 1.50 bits per heavy atom. The molecule has 0 aromatic heterocycles. The monoisotopic (exact) mass is 296 g/mol. The summed E-state index contributed by atoms with van der Waals surface area (Å²) >= 11 is 17.9. The van der Waals surface area contributed by atoms with Crippen LogP contribution in [-0.2, 0) is 0 Å². The van der Waals surface area contributed by atoms with E-state index in [4.69, 9.17) is 34.8 Å². The maximum atomic E-state index is 6.14. The molecule has 0 amide bonds. The molecule has 0 unspecified atom stereocenters. The highest BCUT2D eigenvalue weighted by atomic mass is 35.5. The molecule has 0 spiro atoms. The van der Waals surface area contributed by atoms with E-state index in [9.17, 15) is 0 Å². The van der Waals surface area contributed by atoms with Crippen LogP contribution in [0.15, 0.2) is 42.5 Å². The van der Waals surface area contributed by atoms with Gasteiger partial charge in [-0.2, -0.15) is 0 Å². The van der Waals surface area contributed by atoms with E-state index < -0.39 is 0 Å². The molecule has 2 rings (SSSR count). The lowest BCUT2D eigenvalue weighted by atomic mass is 10.0. The van der Waals surface area contributed by atoms with E-state index >= 15 is 0 Å². The molecule has 0 aliphatic rings. The van der Waals surface area contributed by atoms with Crippen LogP contribution < -0.4 is 0 Å². The summed E-state index contributed by atoms with van der Waals surface area (Å²) in [4.78, 5) is 0. The van der Waals surface area contributed by atoms with Crippen LogP contribution in [0.3, 0.4) is 0 Å². The summed E-state index contributed by atoms with van der Waals surface area (Å²) < 4.78 is 0. The average Bonchev–Trinajstić information content (AvgIpc) is 2.33. The number of allylic oxidation sites excluding steroid dienone is 1. The third-order valence-electron chi connectivity index (χ3n) is 2.63. The number of halogens is 3. The van der Waals surface area contributed by atoms with Crippen molar-refractivity contribution >= 4 is 46.5 Å². The fourth-order valence-corrected chi connectivity index (χ4v) is 2.24. The first-order valence-electron chi connectivity index (χ1n) is 5.45. The second kappa shape index (κ2) is 5.79. The standard InChI is InChI=1S/C15H11Cl3/c1-10(11-2-5-13(16)6-3-11)8-12-4-7-14(17)9-15(12)18/h2-9H,1H3/b10-8-. The van der Waals surface area contributed by atoms with E-state index in [1.54, 1.807) is 6.07 Å². The Kier molecular flexibility index (Phi) is 4.34. The molecule has 18 heavy (non-hydrogen) atoms. The van der Waals surface area contributed by atoms with Crippen molar-refractivity contribution in [3.8, 4) is 0 Å². The van der Waals surface area contributed by atoms with Crippen molar-refractivity contribution in [3.05, 3.63) is 68.7 Å². The van der Waals surface area contributed by atoms with Gasteiger partial charge in [-0.05, 0) is 54.0 Å². The zero-order valence-corrected chi connectivity index (χ0v) is 12.0. The molecule has 0 atom stereocenters. The molecule has 0 saturated carbocycles. The quantitative estimate of drug-likeness (QED) is 0.578. The highest BCUT2D eigenvalue weighted by Crippen LogP contribution is 2.26. The van der Waals surface area contributed by atoms with Gasteiger partial charge in [-0.3, -0.25) is 0 Å². The Labute approximate surface area is 122 Å². The fraction of sp³-hybridized carbons (Fsp3) is 0.0667. The van der Waals surface area contributed by atoms with Crippen LogP contribution in [0.2, 0.25) is 15.1 Å². The molecule has 0 radical (unpaired) electrons. The first-order chi connectivity index (χ1) is 8.56. The molecule has 0 nitrogen and oxygen atoms in total. The maximum Gasteiger partial charge on any atom is 0.0493 e. The summed E-state index contributed by atoms with van der Waals surface area (Å²) in [6.07, 6.45) is 2.03. The topological polar surface area (TPSA) is 0 Å². The zero-order chi connectivity index (χ0) is 13.1. The van der Waals surface area contributed by atoms with Gasteiger partial charge in [-0.1, -0.05) is 53.0 Å². The van der Waals surface area contributed by atoms with Gasteiger partial charge in [-0.25, -0.2) is 0 Å². The third-order valence-corrected chi connectivity index (χ3v) is 3.45. The van der Waals surface area contributed by atoms with Crippen LogP contribution in [0, 0.1) is 0 Å². The van der Waals surface area contributed by atoms with Crippen molar-refractivity contribution in [2.75, 3.05) is 0 Å². The Morgan fingerprint density at radius 1 is 0.889 bits per heavy atom. The smallest absolute Gasteiger partial charge is 0.0493 e. The van der Waals surface area contributed by atoms with Crippen molar-refractivity contribution in [1.82, 2.24) is 0 Å². The predicted molar refractivity (Wildman–Crippen MR) is 81.5 cm³/mol. The van der Waals surface area contributed by atoms with E-state index in [1.165, 1.54) is 0 Å². The zero-order valence-electron chi connectivity index (χ0n) is 9.75. The van der Waals surface area contributed by atoms with Crippen LogP contribution in [0.25, 0.3) is 11.6 Å². The maximum absolute atomic E-state index is 6.14. The first kappa shape index (κ1) is 13.5. The molecular formula is C15H11Cl3. The molecule has 92 valence electrons. The van der Waals surface area contributed by atoms with Crippen molar-refractivity contribution < 1.29 is 0 Å². The molecule has 0 saturated heterocycles. The second-order valence-corrected chi connectivity index (χ2v) is 5.28. The van der Waals surface area contributed by atoms with Crippen LogP contribution in [0.5, 0.6) is 0 Å². The Balaban J connectivity index is 2.35. The fourth-order valence-electron chi connectivity index (χ4n) is 1.65. The van der Waals surface area contributed by atoms with Crippen molar-refractivity contribution in [2.45, 2.75) is 6.92 Å². The molecular weight excluding hydrogens is 287 g/mol. The van der Waals surface area contributed by atoms with E-state index in [0.717, 1.165) is 21.7 Å². The molecule has 0 aliphatic carbocycles. The van der Waals surface area contributed by atoms with Crippen molar-refractivity contribution in [3.63, 3.8) is 0 Å². The van der Waals surface area contributed by atoms with Gasteiger partial charge >= 0.3 is 0 Å². The summed E-state index contributed by atoms with van der Waals surface area (Å²) in [5, 5.41) is 2.02. The van der Waals surface area contributed by atoms with Crippen molar-refractivity contribution in [1.29, 1.82) is 0 Å². The normalized spacial score (nSPS) is 11.7. The lowest BCUT2D eigenvalue weighted by Gasteiger charge is -2.04. The van der Waals surface area contributed by atoms with Crippen LogP contribution in [-0.4, -0.2) is 0 Å². The second-order valence-electron chi connectivity index (χ2n) is 4.00. The largest absolute Gasteiger partial charge is 0.0843 e. The van der Waals surface area contributed by atoms with E-state index in [-0.39, 0.29) is 0 Å². The molecule has 2 aromatic rings. The number of hydrogen-bond acceptors (Lipinski definition) is 0. The average molecular weight is 298 g/mol. The highest BCUT2D eigenvalue weighted by Gasteiger charge is 2.01. The molecule has 0 aliphatic heterocycles. The number of hydrogen-bond donors (Lipinski definition) is 0. The SMILES string of the molecule is C/C(=C/c1ccc(Cl)cc1Cl)c1ccc(Cl)cc1. The molecule has 0 heterocycles. The minimum absolute atomic E-state index is 0.640. The van der Waals surface area contributed by atoms with E-state index in [1.807, 2.05) is 49.4 Å². The Hall–Kier alpha value is -0.950. The minimum Gasteiger partial charge on any atom is -0.0843 e. The Morgan fingerprint density at radius 3 is 2.11 bits per heavy atom. The van der Waals surface area contributed by atoms with Crippen LogP contribution in [0.1, 0.15) is 18.1 Å². The van der Waals surface area contributed by atoms with Gasteiger partial charge in [0.05, 0.1) is 0 Å². The Bertz CT molecular complexity index is 583. The van der Waals surface area contributed by atoms with Crippen molar-refractivity contribution in [2.24, 2.45) is 0 Å². The third kappa shape index (κ3) is 3.29. The van der Waals surface area contributed by atoms with E-state index in [0.29, 0.717) is 10.0 Å². The molecule has 2 aromatic carbocycles. The molecule has 3 heteroatoms. The summed E-state index contributed by atoms with van der Waals surface area (Å²) in [6.45, 7) is 2.04. The van der Waals surface area contributed by atoms with Crippen LogP contribution >= 0.6 is 34.8 Å². The summed E-state index contributed by atoms with van der Waals surface area (Å²) in [7, 11) is 0. The van der Waals surface area contributed by atoms with Gasteiger partial charge in [0.1, 0.15) is 0 Å². The van der Waals surface area contributed by atoms with Crippen LogP contribution in [0.4, 0.5) is 0 Å². The van der Waals surface area contributed by atoms with E-state index in [2.05, 4.69) is 0 Å². The van der Waals surface area contributed by atoms with Gasteiger partial charge in [0.15, 0.2) is 0 Å². The lowest BCUT2D eigenvalue weighted by molar-refractivity contribution is 1.57. The summed E-state index contributed by atoms with van der Waals surface area (Å²) in [5.41, 5.74) is 3.19. The highest BCUT2D eigenvalue weighted by molar-refractivity contribution is 6.35. The summed E-state index contributed by atoms with van der Waals surface area (Å²) in [6, 6.07) is 13.2. The number of benzene rings is 2. The molecule has 0 bridgehead atoms. The van der Waals surface area contributed by atoms with Gasteiger partial charge in [0.2, 0.25) is 0 Å². The van der Waals surface area contributed by atoms with Gasteiger partial charge < -0.3 is 0 Å².